The highest BCUT2D eigenvalue weighted by Gasteiger charge is 2.25. The molecule has 0 spiro atoms. The number of para-hydroxylation sites is 1. The van der Waals surface area contributed by atoms with E-state index in [-0.39, 0.29) is 12.6 Å². The molecular weight excluding hydrogens is 400 g/mol. The molecule has 0 unspecified atom stereocenters. The van der Waals surface area contributed by atoms with E-state index in [9.17, 15) is 9.90 Å². The van der Waals surface area contributed by atoms with E-state index in [1.807, 2.05) is 6.07 Å². The van der Waals surface area contributed by atoms with Gasteiger partial charge in [-0.2, -0.15) is 0 Å². The number of aliphatic hydroxyl groups excluding tert-OH is 1. The van der Waals surface area contributed by atoms with Crippen molar-refractivity contribution in [2.75, 3.05) is 33.4 Å². The van der Waals surface area contributed by atoms with Gasteiger partial charge in [0.15, 0.2) is 0 Å². The van der Waals surface area contributed by atoms with Crippen LogP contribution in [0.4, 0.5) is 0 Å². The molecule has 0 aliphatic carbocycles. The van der Waals surface area contributed by atoms with Crippen molar-refractivity contribution in [3.8, 4) is 5.75 Å². The SMILES string of the molecule is COC(=O)c1ccc(OC[C@H](O)CN2CCC[C@@H](c3nc4ccccc4s3)C2)cc1. The van der Waals surface area contributed by atoms with E-state index in [4.69, 9.17) is 9.72 Å². The number of piperidine rings is 1. The van der Waals surface area contributed by atoms with Crippen LogP contribution in [0.1, 0.15) is 34.1 Å². The minimum atomic E-state index is -0.584. The second-order valence-electron chi connectivity index (χ2n) is 7.60. The first-order chi connectivity index (χ1) is 14.6. The molecule has 3 aromatic rings. The van der Waals surface area contributed by atoms with E-state index in [0.29, 0.717) is 23.8 Å². The highest BCUT2D eigenvalue weighted by molar-refractivity contribution is 7.18. The predicted octanol–water partition coefficient (Wildman–Crippen LogP) is 3.70. The number of thiazole rings is 1. The van der Waals surface area contributed by atoms with Gasteiger partial charge < -0.3 is 14.6 Å². The summed E-state index contributed by atoms with van der Waals surface area (Å²) in [6.07, 6.45) is 1.65. The smallest absolute Gasteiger partial charge is 0.337 e. The van der Waals surface area contributed by atoms with Crippen molar-refractivity contribution < 1.29 is 19.4 Å². The first kappa shape index (κ1) is 20.8. The van der Waals surface area contributed by atoms with Crippen LogP contribution in [-0.4, -0.2) is 60.4 Å². The standard InChI is InChI=1S/C23H26N2O4S/c1-28-23(27)16-8-10-19(11-9-16)29-15-18(26)14-25-12-4-5-17(13-25)22-24-20-6-2-3-7-21(20)30-22/h2-3,6-11,17-18,26H,4-5,12-15H2,1H3/t17-,18-/m1/s1. The molecule has 1 aliphatic heterocycles. The summed E-state index contributed by atoms with van der Waals surface area (Å²) in [5.74, 6) is 0.650. The molecule has 2 atom stereocenters. The maximum absolute atomic E-state index is 11.5. The number of β-amino-alcohol motifs (C(OH)–C–C–N with tert-alkyl or cyclic N) is 1. The van der Waals surface area contributed by atoms with Gasteiger partial charge in [0.2, 0.25) is 0 Å². The number of fused-ring (bicyclic) bond motifs is 1. The molecule has 0 amide bonds. The van der Waals surface area contributed by atoms with E-state index in [0.717, 1.165) is 31.4 Å². The Kier molecular flexibility index (Phi) is 6.62. The number of nitrogens with zero attached hydrogens (tertiary/aromatic N) is 2. The molecule has 2 heterocycles. The number of hydrogen-bond acceptors (Lipinski definition) is 7. The fraction of sp³-hybridized carbons (Fsp3) is 0.391. The van der Waals surface area contributed by atoms with E-state index < -0.39 is 6.10 Å². The molecule has 0 radical (unpaired) electrons. The van der Waals surface area contributed by atoms with Crippen LogP contribution in [0.15, 0.2) is 48.5 Å². The third kappa shape index (κ3) is 4.98. The number of ether oxygens (including phenoxy) is 2. The van der Waals surface area contributed by atoms with Gasteiger partial charge in [0.1, 0.15) is 18.5 Å². The van der Waals surface area contributed by atoms with Crippen LogP contribution >= 0.6 is 11.3 Å². The average molecular weight is 427 g/mol. The lowest BCUT2D eigenvalue weighted by Crippen LogP contribution is -2.41. The van der Waals surface area contributed by atoms with Gasteiger partial charge in [-0.05, 0) is 55.8 Å². The van der Waals surface area contributed by atoms with Crippen LogP contribution in [-0.2, 0) is 4.74 Å². The largest absolute Gasteiger partial charge is 0.491 e. The van der Waals surface area contributed by atoms with Crippen molar-refractivity contribution in [2.45, 2.75) is 24.9 Å². The summed E-state index contributed by atoms with van der Waals surface area (Å²) in [6, 6.07) is 15.0. The molecule has 0 saturated carbocycles. The fourth-order valence-corrected chi connectivity index (χ4v) is 4.93. The second-order valence-corrected chi connectivity index (χ2v) is 8.66. The molecule has 2 aromatic carbocycles. The topological polar surface area (TPSA) is 71.9 Å². The van der Waals surface area contributed by atoms with Crippen molar-refractivity contribution in [3.05, 3.63) is 59.1 Å². The predicted molar refractivity (Wildman–Crippen MR) is 117 cm³/mol. The zero-order valence-corrected chi connectivity index (χ0v) is 17.8. The van der Waals surface area contributed by atoms with Crippen LogP contribution in [0.25, 0.3) is 10.2 Å². The summed E-state index contributed by atoms with van der Waals surface area (Å²) in [5.41, 5.74) is 1.54. The molecule has 1 aliphatic rings. The molecule has 0 bridgehead atoms. The Morgan fingerprint density at radius 3 is 2.83 bits per heavy atom. The van der Waals surface area contributed by atoms with Gasteiger partial charge in [0.25, 0.3) is 0 Å². The fourth-order valence-electron chi connectivity index (χ4n) is 3.84. The molecule has 4 rings (SSSR count). The van der Waals surface area contributed by atoms with Crippen molar-refractivity contribution in [3.63, 3.8) is 0 Å². The van der Waals surface area contributed by atoms with E-state index in [1.54, 1.807) is 35.6 Å². The monoisotopic (exact) mass is 426 g/mol. The molecule has 30 heavy (non-hydrogen) atoms. The lowest BCUT2D eigenvalue weighted by Gasteiger charge is -2.33. The molecule has 1 N–H and O–H groups in total. The molecule has 158 valence electrons. The number of esters is 1. The number of carbonyl (C=O) groups excluding carboxylic acids is 1. The van der Waals surface area contributed by atoms with E-state index >= 15 is 0 Å². The highest BCUT2D eigenvalue weighted by atomic mass is 32.1. The number of carbonyl (C=O) groups is 1. The Morgan fingerprint density at radius 2 is 2.07 bits per heavy atom. The minimum Gasteiger partial charge on any atom is -0.491 e. The van der Waals surface area contributed by atoms with Gasteiger partial charge in [-0.1, -0.05) is 12.1 Å². The molecule has 1 fully saturated rings. The summed E-state index contributed by atoms with van der Waals surface area (Å²) in [6.45, 7) is 2.67. The molecule has 7 heteroatoms. The quantitative estimate of drug-likeness (QED) is 0.581. The van der Waals surface area contributed by atoms with Crippen LogP contribution in [0, 0.1) is 0 Å². The van der Waals surface area contributed by atoms with Gasteiger partial charge in [0.05, 0.1) is 27.9 Å². The number of rotatable bonds is 7. The number of hydrogen-bond donors (Lipinski definition) is 1. The number of aliphatic hydroxyl groups is 1. The highest BCUT2D eigenvalue weighted by Crippen LogP contribution is 2.32. The van der Waals surface area contributed by atoms with Crippen LogP contribution in [0.3, 0.4) is 0 Å². The van der Waals surface area contributed by atoms with Crippen LogP contribution in [0.5, 0.6) is 5.75 Å². The summed E-state index contributed by atoms with van der Waals surface area (Å²) < 4.78 is 11.6. The molecule has 6 nitrogen and oxygen atoms in total. The van der Waals surface area contributed by atoms with Crippen LogP contribution in [0.2, 0.25) is 0 Å². The number of methoxy groups -OCH3 is 1. The average Bonchev–Trinajstić information content (AvgIpc) is 3.22. The van der Waals surface area contributed by atoms with E-state index in [2.05, 4.69) is 27.8 Å². The summed E-state index contributed by atoms with van der Waals surface area (Å²) in [4.78, 5) is 18.6. The van der Waals surface area contributed by atoms with Gasteiger partial charge in [-0.25, -0.2) is 9.78 Å². The maximum Gasteiger partial charge on any atom is 0.337 e. The maximum atomic E-state index is 11.5. The van der Waals surface area contributed by atoms with Gasteiger partial charge >= 0.3 is 5.97 Å². The Labute approximate surface area is 180 Å². The normalized spacial score (nSPS) is 18.3. The van der Waals surface area contributed by atoms with Gasteiger partial charge in [0, 0.05) is 19.0 Å². The minimum absolute atomic E-state index is 0.208. The second kappa shape index (κ2) is 9.55. The number of aromatic nitrogens is 1. The van der Waals surface area contributed by atoms with Crippen molar-refractivity contribution in [2.24, 2.45) is 0 Å². The molecule has 1 saturated heterocycles. The first-order valence-corrected chi connectivity index (χ1v) is 11.0. The van der Waals surface area contributed by atoms with E-state index in [1.165, 1.54) is 16.8 Å². The molecule has 1 aromatic heterocycles. The Bertz CT molecular complexity index is 955. The van der Waals surface area contributed by atoms with Crippen LogP contribution < -0.4 is 4.74 Å². The lowest BCUT2D eigenvalue weighted by atomic mass is 9.98. The number of benzene rings is 2. The Balaban J connectivity index is 1.28. The third-order valence-corrected chi connectivity index (χ3v) is 6.55. The Morgan fingerprint density at radius 1 is 1.27 bits per heavy atom. The van der Waals surface area contributed by atoms with Gasteiger partial charge in [-0.15, -0.1) is 11.3 Å². The molecular formula is C23H26N2O4S. The summed E-state index contributed by atoms with van der Waals surface area (Å²) in [7, 11) is 1.35. The van der Waals surface area contributed by atoms with Crippen molar-refractivity contribution in [1.82, 2.24) is 9.88 Å². The van der Waals surface area contributed by atoms with Crippen molar-refractivity contribution in [1.29, 1.82) is 0 Å². The summed E-state index contributed by atoms with van der Waals surface area (Å²) >= 11 is 1.78. The first-order valence-electron chi connectivity index (χ1n) is 10.2. The zero-order chi connectivity index (χ0) is 20.9. The lowest BCUT2D eigenvalue weighted by molar-refractivity contribution is 0.0578. The number of likely N-dealkylation sites (tertiary alicyclic amines) is 1. The van der Waals surface area contributed by atoms with Gasteiger partial charge in [-0.3, -0.25) is 4.90 Å². The van der Waals surface area contributed by atoms with Crippen molar-refractivity contribution >= 4 is 27.5 Å². The zero-order valence-electron chi connectivity index (χ0n) is 17.0. The summed E-state index contributed by atoms with van der Waals surface area (Å²) in [5, 5.41) is 11.7. The third-order valence-electron chi connectivity index (χ3n) is 5.35. The Hall–Kier alpha value is -2.48.